The maximum Gasteiger partial charge on any atom is 0.234 e. The number of carbonyl (C=O) groups excluding carboxylic acids is 1. The number of aromatic nitrogens is 2. The van der Waals surface area contributed by atoms with Gasteiger partial charge in [0, 0.05) is 12.0 Å². The van der Waals surface area contributed by atoms with E-state index in [1.165, 1.54) is 0 Å². The summed E-state index contributed by atoms with van der Waals surface area (Å²) in [6, 6.07) is 0. The van der Waals surface area contributed by atoms with Crippen molar-refractivity contribution in [1.29, 1.82) is 0 Å². The van der Waals surface area contributed by atoms with Gasteiger partial charge in [0.1, 0.15) is 0 Å². The minimum absolute atomic E-state index is 0.0138. The molecule has 1 aromatic heterocycles. The molecule has 108 valence electrons. The Kier molecular flexibility index (Phi) is 5.47. The molecule has 0 bridgehead atoms. The molecule has 0 atom stereocenters. The molecule has 19 heavy (non-hydrogen) atoms. The quantitative estimate of drug-likeness (QED) is 0.842. The molecule has 0 aromatic carbocycles. The van der Waals surface area contributed by atoms with Crippen LogP contribution in [0.15, 0.2) is 4.42 Å². The van der Waals surface area contributed by atoms with Gasteiger partial charge in [-0.15, -0.1) is 10.2 Å². The molecule has 6 heteroatoms. The number of carbonyl (C=O) groups is 1. The van der Waals surface area contributed by atoms with Gasteiger partial charge in [-0.3, -0.25) is 9.69 Å². The third-order valence-electron chi connectivity index (χ3n) is 2.66. The van der Waals surface area contributed by atoms with Gasteiger partial charge >= 0.3 is 0 Å². The molecule has 1 rings (SSSR count). The fourth-order valence-corrected chi connectivity index (χ4v) is 1.55. The predicted octanol–water partition coefficient (Wildman–Crippen LogP) is 1.33. The number of hydrogen-bond acceptors (Lipinski definition) is 5. The molecule has 1 aromatic rings. The molecular weight excluding hydrogens is 244 g/mol. The van der Waals surface area contributed by atoms with E-state index in [-0.39, 0.29) is 11.3 Å². The molecule has 0 aliphatic carbocycles. The van der Waals surface area contributed by atoms with E-state index < -0.39 is 0 Å². The summed E-state index contributed by atoms with van der Waals surface area (Å²) in [4.78, 5) is 13.5. The van der Waals surface area contributed by atoms with Gasteiger partial charge in [-0.1, -0.05) is 27.7 Å². The molecular formula is C13H24N4O2. The molecule has 0 saturated heterocycles. The normalized spacial score (nSPS) is 11.9. The van der Waals surface area contributed by atoms with Gasteiger partial charge in [0.15, 0.2) is 0 Å². The Hall–Kier alpha value is -1.43. The van der Waals surface area contributed by atoms with Crippen molar-refractivity contribution < 1.29 is 9.21 Å². The number of amides is 1. The van der Waals surface area contributed by atoms with E-state index in [1.807, 2.05) is 39.5 Å². The van der Waals surface area contributed by atoms with E-state index >= 15 is 0 Å². The summed E-state index contributed by atoms with van der Waals surface area (Å²) in [5.41, 5.74) is -0.151. The Morgan fingerprint density at radius 2 is 2.00 bits per heavy atom. The Labute approximate surface area is 114 Å². The van der Waals surface area contributed by atoms with Gasteiger partial charge in [0.05, 0.1) is 13.1 Å². The van der Waals surface area contributed by atoms with Crippen LogP contribution in [0.4, 0.5) is 0 Å². The zero-order valence-corrected chi connectivity index (χ0v) is 12.5. The lowest BCUT2D eigenvalue weighted by molar-refractivity contribution is -0.122. The van der Waals surface area contributed by atoms with E-state index in [0.717, 1.165) is 6.54 Å². The highest BCUT2D eigenvalue weighted by atomic mass is 16.4. The molecule has 0 unspecified atom stereocenters. The Balaban J connectivity index is 2.61. The lowest BCUT2D eigenvalue weighted by Crippen LogP contribution is -2.36. The number of nitrogens with one attached hydrogen (secondary N) is 1. The number of likely N-dealkylation sites (N-methyl/N-ethyl adjacent to an activating group) is 2. The summed E-state index contributed by atoms with van der Waals surface area (Å²) in [7, 11) is 0. The van der Waals surface area contributed by atoms with E-state index in [9.17, 15) is 4.79 Å². The third kappa shape index (κ3) is 4.98. The number of rotatable bonds is 6. The first-order valence-electron chi connectivity index (χ1n) is 6.68. The second-order valence-corrected chi connectivity index (χ2v) is 5.51. The van der Waals surface area contributed by atoms with Crippen molar-refractivity contribution in [2.45, 2.75) is 46.6 Å². The van der Waals surface area contributed by atoms with Gasteiger partial charge < -0.3 is 9.73 Å². The van der Waals surface area contributed by atoms with Crippen LogP contribution in [-0.2, 0) is 16.8 Å². The second-order valence-electron chi connectivity index (χ2n) is 5.51. The molecule has 1 N–H and O–H groups in total. The van der Waals surface area contributed by atoms with Crippen LogP contribution in [0.3, 0.4) is 0 Å². The fraction of sp³-hybridized carbons (Fsp3) is 0.769. The van der Waals surface area contributed by atoms with Crippen molar-refractivity contribution in [1.82, 2.24) is 20.4 Å². The summed E-state index contributed by atoms with van der Waals surface area (Å²) in [5.74, 6) is 1.19. The van der Waals surface area contributed by atoms with E-state index in [1.54, 1.807) is 0 Å². The summed E-state index contributed by atoms with van der Waals surface area (Å²) < 4.78 is 5.63. The highest BCUT2D eigenvalue weighted by Crippen LogP contribution is 2.20. The van der Waals surface area contributed by atoms with Crippen molar-refractivity contribution >= 4 is 5.91 Å². The molecule has 0 aliphatic heterocycles. The van der Waals surface area contributed by atoms with Crippen LogP contribution in [0, 0.1) is 0 Å². The van der Waals surface area contributed by atoms with Crippen LogP contribution in [0.25, 0.3) is 0 Å². The standard InChI is InChI=1S/C13H24N4O2/c1-6-14-10(18)8-17(7-2)9-11-15-16-12(19-11)13(3,4)5/h6-9H2,1-5H3,(H,14,18). The third-order valence-corrected chi connectivity index (χ3v) is 2.66. The molecule has 0 fully saturated rings. The Morgan fingerprint density at radius 3 is 2.47 bits per heavy atom. The SMILES string of the molecule is CCNC(=O)CN(CC)Cc1nnc(C(C)(C)C)o1. The van der Waals surface area contributed by atoms with Crippen LogP contribution in [0.2, 0.25) is 0 Å². The van der Waals surface area contributed by atoms with E-state index in [4.69, 9.17) is 4.42 Å². The van der Waals surface area contributed by atoms with Crippen molar-refractivity contribution in [3.63, 3.8) is 0 Å². The number of hydrogen-bond donors (Lipinski definition) is 1. The topological polar surface area (TPSA) is 71.3 Å². The largest absolute Gasteiger partial charge is 0.423 e. The van der Waals surface area contributed by atoms with E-state index in [2.05, 4.69) is 15.5 Å². The van der Waals surface area contributed by atoms with Crippen molar-refractivity contribution in [3.05, 3.63) is 11.8 Å². The van der Waals surface area contributed by atoms with Crippen LogP contribution in [-0.4, -0.2) is 40.6 Å². The maximum atomic E-state index is 11.5. The highest BCUT2D eigenvalue weighted by molar-refractivity contribution is 5.77. The van der Waals surface area contributed by atoms with Gasteiger partial charge in [-0.25, -0.2) is 0 Å². The summed E-state index contributed by atoms with van der Waals surface area (Å²) >= 11 is 0. The Bertz CT molecular complexity index is 409. The maximum absolute atomic E-state index is 11.5. The van der Waals surface area contributed by atoms with Crippen molar-refractivity contribution in [3.8, 4) is 0 Å². The first-order chi connectivity index (χ1) is 8.86. The zero-order chi connectivity index (χ0) is 14.5. The van der Waals surface area contributed by atoms with E-state index in [0.29, 0.717) is 31.4 Å². The smallest absolute Gasteiger partial charge is 0.234 e. The predicted molar refractivity (Wildman–Crippen MR) is 72.6 cm³/mol. The summed E-state index contributed by atoms with van der Waals surface area (Å²) in [6.07, 6.45) is 0. The van der Waals surface area contributed by atoms with Gasteiger partial charge in [-0.2, -0.15) is 0 Å². The van der Waals surface area contributed by atoms with Gasteiger partial charge in [0.25, 0.3) is 0 Å². The number of nitrogens with zero attached hydrogens (tertiary/aromatic N) is 3. The molecule has 6 nitrogen and oxygen atoms in total. The first-order valence-corrected chi connectivity index (χ1v) is 6.68. The van der Waals surface area contributed by atoms with Gasteiger partial charge in [0.2, 0.25) is 17.7 Å². The highest BCUT2D eigenvalue weighted by Gasteiger charge is 2.22. The lowest BCUT2D eigenvalue weighted by atomic mass is 9.97. The Morgan fingerprint density at radius 1 is 1.32 bits per heavy atom. The summed E-state index contributed by atoms with van der Waals surface area (Å²) in [5, 5.41) is 10.9. The molecule has 0 radical (unpaired) electrons. The molecule has 0 aliphatic rings. The monoisotopic (exact) mass is 268 g/mol. The average Bonchev–Trinajstić information content (AvgIpc) is 2.76. The first kappa shape index (κ1) is 15.6. The molecule has 1 amide bonds. The summed E-state index contributed by atoms with van der Waals surface area (Å²) in [6.45, 7) is 12.2. The molecule has 0 saturated carbocycles. The minimum Gasteiger partial charge on any atom is -0.423 e. The zero-order valence-electron chi connectivity index (χ0n) is 12.5. The van der Waals surface area contributed by atoms with Crippen molar-refractivity contribution in [2.24, 2.45) is 0 Å². The van der Waals surface area contributed by atoms with Crippen LogP contribution < -0.4 is 5.32 Å². The minimum atomic E-state index is -0.151. The van der Waals surface area contributed by atoms with Crippen molar-refractivity contribution in [2.75, 3.05) is 19.6 Å². The van der Waals surface area contributed by atoms with Crippen LogP contribution >= 0.6 is 0 Å². The van der Waals surface area contributed by atoms with Crippen LogP contribution in [0.5, 0.6) is 0 Å². The van der Waals surface area contributed by atoms with Crippen LogP contribution in [0.1, 0.15) is 46.4 Å². The fourth-order valence-electron chi connectivity index (χ4n) is 1.55. The van der Waals surface area contributed by atoms with Gasteiger partial charge in [-0.05, 0) is 13.5 Å². The second kappa shape index (κ2) is 6.65. The lowest BCUT2D eigenvalue weighted by Gasteiger charge is -2.17. The molecule has 0 spiro atoms. The average molecular weight is 268 g/mol. The molecule has 1 heterocycles.